The molecule has 0 saturated carbocycles. The average molecular weight is 278 g/mol. The van der Waals surface area contributed by atoms with Gasteiger partial charge in [-0.2, -0.15) is 0 Å². The maximum atomic E-state index is 11.8. The van der Waals surface area contributed by atoms with E-state index in [0.717, 1.165) is 23.4 Å². The second kappa shape index (κ2) is 6.61. The van der Waals surface area contributed by atoms with Gasteiger partial charge in [0.25, 0.3) is 0 Å². The van der Waals surface area contributed by atoms with E-state index in [4.69, 9.17) is 4.74 Å². The van der Waals surface area contributed by atoms with Crippen LogP contribution in [0.1, 0.15) is 18.9 Å². The molecule has 0 radical (unpaired) electrons. The van der Waals surface area contributed by atoms with Crippen molar-refractivity contribution in [2.75, 3.05) is 31.7 Å². The molecule has 5 nitrogen and oxygen atoms in total. The number of nitrogens with one attached hydrogen (secondary N) is 1. The number of rotatable bonds is 4. The molecule has 2 N–H and O–H groups in total. The fourth-order valence-electron chi connectivity index (χ4n) is 2.38. The van der Waals surface area contributed by atoms with Gasteiger partial charge in [-0.15, -0.1) is 0 Å². The second-order valence-electron chi connectivity index (χ2n) is 5.15. The van der Waals surface area contributed by atoms with Crippen molar-refractivity contribution in [1.29, 1.82) is 0 Å². The smallest absolute Gasteiger partial charge is 0.239 e. The van der Waals surface area contributed by atoms with Crippen LogP contribution in [-0.4, -0.2) is 43.9 Å². The maximum Gasteiger partial charge on any atom is 0.239 e. The summed E-state index contributed by atoms with van der Waals surface area (Å²) in [5, 5.41) is 12.2. The number of carbonyl (C=O) groups excluding carboxylic acids is 1. The molecule has 1 aromatic carbocycles. The van der Waals surface area contributed by atoms with Gasteiger partial charge >= 0.3 is 0 Å². The molecule has 1 aromatic rings. The summed E-state index contributed by atoms with van der Waals surface area (Å²) < 4.78 is 5.65. The summed E-state index contributed by atoms with van der Waals surface area (Å²) in [6.07, 6.45) is 1.58. The highest BCUT2D eigenvalue weighted by molar-refractivity contribution is 5.82. The Balaban J connectivity index is 2.28. The van der Waals surface area contributed by atoms with Crippen molar-refractivity contribution in [1.82, 2.24) is 5.32 Å². The van der Waals surface area contributed by atoms with Crippen LogP contribution in [-0.2, 0) is 11.2 Å². The zero-order chi connectivity index (χ0) is 14.5. The molecule has 110 valence electrons. The van der Waals surface area contributed by atoms with E-state index in [0.29, 0.717) is 13.0 Å². The van der Waals surface area contributed by atoms with Gasteiger partial charge in [-0.25, -0.2) is 0 Å². The Morgan fingerprint density at radius 1 is 1.50 bits per heavy atom. The topological polar surface area (TPSA) is 61.8 Å². The fraction of sp³-hybridized carbons (Fsp3) is 0.533. The summed E-state index contributed by atoms with van der Waals surface area (Å²) in [5.41, 5.74) is 2.10. The van der Waals surface area contributed by atoms with Crippen molar-refractivity contribution in [2.24, 2.45) is 0 Å². The Bertz CT molecular complexity index is 476. The summed E-state index contributed by atoms with van der Waals surface area (Å²) in [6.45, 7) is 2.97. The number of ether oxygens (including phenoxy) is 1. The monoisotopic (exact) mass is 278 g/mol. The van der Waals surface area contributed by atoms with Gasteiger partial charge in [0, 0.05) is 18.8 Å². The highest BCUT2D eigenvalue weighted by Gasteiger charge is 2.21. The zero-order valence-electron chi connectivity index (χ0n) is 12.1. The number of carbonyl (C=O) groups is 1. The third-order valence-corrected chi connectivity index (χ3v) is 3.37. The molecule has 0 spiro atoms. The number of nitrogens with zero attached hydrogens (tertiary/aromatic N) is 1. The third kappa shape index (κ3) is 3.42. The number of aliphatic hydroxyl groups is 1. The summed E-state index contributed by atoms with van der Waals surface area (Å²) >= 11 is 0. The molecular formula is C15H22N2O3. The van der Waals surface area contributed by atoms with Gasteiger partial charge in [0.15, 0.2) is 0 Å². The summed E-state index contributed by atoms with van der Waals surface area (Å²) in [6, 6.07) is 5.70. The zero-order valence-corrected chi connectivity index (χ0v) is 12.1. The van der Waals surface area contributed by atoms with E-state index >= 15 is 0 Å². The van der Waals surface area contributed by atoms with E-state index in [9.17, 15) is 9.90 Å². The highest BCUT2D eigenvalue weighted by Crippen LogP contribution is 2.27. The van der Waals surface area contributed by atoms with Crippen LogP contribution in [0.25, 0.3) is 0 Å². The van der Waals surface area contributed by atoms with E-state index in [-0.39, 0.29) is 25.1 Å². The van der Waals surface area contributed by atoms with E-state index in [1.54, 1.807) is 0 Å². The van der Waals surface area contributed by atoms with E-state index < -0.39 is 0 Å². The van der Waals surface area contributed by atoms with Crippen molar-refractivity contribution < 1.29 is 14.6 Å². The van der Waals surface area contributed by atoms with Crippen LogP contribution in [0.2, 0.25) is 0 Å². The molecule has 0 bridgehead atoms. The van der Waals surface area contributed by atoms with Crippen molar-refractivity contribution in [3.63, 3.8) is 0 Å². The number of hydrogen-bond acceptors (Lipinski definition) is 4. The highest BCUT2D eigenvalue weighted by atomic mass is 16.5. The van der Waals surface area contributed by atoms with Gasteiger partial charge in [0.2, 0.25) is 5.91 Å². The molecule has 1 aliphatic rings. The lowest BCUT2D eigenvalue weighted by Crippen LogP contribution is -2.46. The van der Waals surface area contributed by atoms with Gasteiger partial charge in [-0.05, 0) is 24.5 Å². The van der Waals surface area contributed by atoms with Crippen LogP contribution in [0.3, 0.4) is 0 Å². The molecular weight excluding hydrogens is 256 g/mol. The van der Waals surface area contributed by atoms with Crippen molar-refractivity contribution in [2.45, 2.75) is 25.8 Å². The fourth-order valence-corrected chi connectivity index (χ4v) is 2.38. The molecule has 1 aliphatic heterocycles. The van der Waals surface area contributed by atoms with E-state index in [1.807, 2.05) is 30.1 Å². The van der Waals surface area contributed by atoms with Crippen molar-refractivity contribution in [3.8, 4) is 5.75 Å². The summed E-state index contributed by atoms with van der Waals surface area (Å²) in [4.78, 5) is 13.7. The Morgan fingerprint density at radius 2 is 2.30 bits per heavy atom. The van der Waals surface area contributed by atoms with E-state index in [2.05, 4.69) is 12.2 Å². The molecule has 1 unspecified atom stereocenters. The normalized spacial score (nSPS) is 18.9. The van der Waals surface area contributed by atoms with Crippen LogP contribution < -0.4 is 15.0 Å². The first-order chi connectivity index (χ1) is 9.63. The Labute approximate surface area is 119 Å². The van der Waals surface area contributed by atoms with Gasteiger partial charge in [0.05, 0.1) is 25.8 Å². The molecule has 0 aliphatic carbocycles. The number of amides is 1. The minimum Gasteiger partial charge on any atom is -0.494 e. The lowest BCUT2D eigenvalue weighted by atomic mass is 10.0. The van der Waals surface area contributed by atoms with Gasteiger partial charge in [0.1, 0.15) is 5.75 Å². The number of fused-ring (bicyclic) bond motifs is 1. The summed E-state index contributed by atoms with van der Waals surface area (Å²) in [5.74, 6) is 0.746. The average Bonchev–Trinajstić information content (AvgIpc) is 2.43. The van der Waals surface area contributed by atoms with Crippen molar-refractivity contribution in [3.05, 3.63) is 23.8 Å². The molecule has 0 aromatic heterocycles. The minimum atomic E-state index is -0.225. The van der Waals surface area contributed by atoms with E-state index in [1.165, 1.54) is 0 Å². The first kappa shape index (κ1) is 14.7. The third-order valence-electron chi connectivity index (χ3n) is 3.37. The molecule has 1 atom stereocenters. The standard InChI is InChI=1S/C15H22N2O3/c1-3-6-20-13-5-4-11-7-12(10-18)16-15(19)9-17(2)14(11)8-13/h4-5,8,12,18H,3,6-7,9-10H2,1-2H3,(H,16,19). The van der Waals surface area contributed by atoms with Crippen LogP contribution in [0.4, 0.5) is 5.69 Å². The molecule has 5 heteroatoms. The molecule has 2 rings (SSSR count). The lowest BCUT2D eigenvalue weighted by Gasteiger charge is -2.28. The largest absolute Gasteiger partial charge is 0.494 e. The molecule has 0 fully saturated rings. The summed E-state index contributed by atoms with van der Waals surface area (Å²) in [7, 11) is 1.89. The second-order valence-corrected chi connectivity index (χ2v) is 5.15. The first-order valence-electron chi connectivity index (χ1n) is 7.01. The minimum absolute atomic E-state index is 0.0526. The number of aliphatic hydroxyl groups excluding tert-OH is 1. The van der Waals surface area contributed by atoms with Gasteiger partial charge < -0.3 is 20.1 Å². The lowest BCUT2D eigenvalue weighted by molar-refractivity contribution is -0.120. The van der Waals surface area contributed by atoms with Crippen molar-refractivity contribution >= 4 is 11.6 Å². The van der Waals surface area contributed by atoms with Crippen LogP contribution >= 0.6 is 0 Å². The molecule has 0 saturated heterocycles. The number of anilines is 1. The first-order valence-corrected chi connectivity index (χ1v) is 7.01. The van der Waals surface area contributed by atoms with Crippen LogP contribution in [0.15, 0.2) is 18.2 Å². The predicted molar refractivity (Wildman–Crippen MR) is 78.2 cm³/mol. The Morgan fingerprint density at radius 3 is 3.00 bits per heavy atom. The Hall–Kier alpha value is -1.75. The predicted octanol–water partition coefficient (Wildman–Crippen LogP) is 0.945. The molecule has 1 heterocycles. The van der Waals surface area contributed by atoms with Crippen LogP contribution in [0, 0.1) is 0 Å². The number of benzene rings is 1. The maximum absolute atomic E-state index is 11.8. The number of likely N-dealkylation sites (N-methyl/N-ethyl adjacent to an activating group) is 1. The SMILES string of the molecule is CCCOc1ccc2c(c1)N(C)CC(=O)NC(CO)C2. The van der Waals surface area contributed by atoms with Gasteiger partial charge in [-0.1, -0.05) is 13.0 Å². The Kier molecular flexibility index (Phi) is 4.84. The van der Waals surface area contributed by atoms with Gasteiger partial charge in [-0.3, -0.25) is 4.79 Å². The molecule has 20 heavy (non-hydrogen) atoms. The van der Waals surface area contributed by atoms with Crippen LogP contribution in [0.5, 0.6) is 5.75 Å². The quantitative estimate of drug-likeness (QED) is 0.860. The molecule has 1 amide bonds. The number of hydrogen-bond donors (Lipinski definition) is 2.